The Morgan fingerprint density at radius 3 is 2.56 bits per heavy atom. The third kappa shape index (κ3) is 4.01. The molecular formula is C13H19NO4. The summed E-state index contributed by atoms with van der Waals surface area (Å²) in [5.41, 5.74) is 0.777. The Morgan fingerprint density at radius 2 is 2.06 bits per heavy atom. The quantitative estimate of drug-likeness (QED) is 0.706. The van der Waals surface area contributed by atoms with E-state index in [-0.39, 0.29) is 12.6 Å². The SMILES string of the molecule is CCOc1ccc(C(NCCO)C(=O)OC)cc1. The summed E-state index contributed by atoms with van der Waals surface area (Å²) in [5, 5.41) is 11.7. The van der Waals surface area contributed by atoms with Gasteiger partial charge in [0.15, 0.2) is 0 Å². The molecule has 0 heterocycles. The minimum Gasteiger partial charge on any atom is -0.494 e. The molecular weight excluding hydrogens is 234 g/mol. The van der Waals surface area contributed by atoms with Crippen LogP contribution < -0.4 is 10.1 Å². The van der Waals surface area contributed by atoms with Crippen molar-refractivity contribution in [1.82, 2.24) is 5.32 Å². The second kappa shape index (κ2) is 7.68. The van der Waals surface area contributed by atoms with E-state index < -0.39 is 6.04 Å². The molecule has 18 heavy (non-hydrogen) atoms. The van der Waals surface area contributed by atoms with Crippen LogP contribution in [0, 0.1) is 0 Å². The number of hydrogen-bond acceptors (Lipinski definition) is 5. The number of aliphatic hydroxyl groups excluding tert-OH is 1. The second-order valence-electron chi connectivity index (χ2n) is 3.64. The molecule has 0 aliphatic rings. The van der Waals surface area contributed by atoms with E-state index in [2.05, 4.69) is 5.32 Å². The van der Waals surface area contributed by atoms with Crippen LogP contribution in [0.1, 0.15) is 18.5 Å². The van der Waals surface area contributed by atoms with Gasteiger partial charge in [0, 0.05) is 6.54 Å². The van der Waals surface area contributed by atoms with Crippen molar-refractivity contribution in [3.63, 3.8) is 0 Å². The van der Waals surface area contributed by atoms with Crippen molar-refractivity contribution < 1.29 is 19.4 Å². The maximum atomic E-state index is 11.6. The molecule has 100 valence electrons. The zero-order valence-electron chi connectivity index (χ0n) is 10.7. The van der Waals surface area contributed by atoms with Crippen LogP contribution >= 0.6 is 0 Å². The van der Waals surface area contributed by atoms with Gasteiger partial charge in [-0.3, -0.25) is 5.32 Å². The summed E-state index contributed by atoms with van der Waals surface area (Å²) in [5.74, 6) is 0.375. The van der Waals surface area contributed by atoms with Crippen LogP contribution in [-0.4, -0.2) is 37.9 Å². The highest BCUT2D eigenvalue weighted by atomic mass is 16.5. The molecule has 0 spiro atoms. The number of hydrogen-bond donors (Lipinski definition) is 2. The normalized spacial score (nSPS) is 11.9. The van der Waals surface area contributed by atoms with Gasteiger partial charge in [-0.1, -0.05) is 12.1 Å². The van der Waals surface area contributed by atoms with Crippen LogP contribution in [0.5, 0.6) is 5.75 Å². The smallest absolute Gasteiger partial charge is 0.327 e. The molecule has 1 atom stereocenters. The Bertz CT molecular complexity index is 364. The molecule has 1 rings (SSSR count). The van der Waals surface area contributed by atoms with E-state index in [4.69, 9.17) is 14.6 Å². The highest BCUT2D eigenvalue weighted by molar-refractivity contribution is 5.77. The van der Waals surface area contributed by atoms with Crippen molar-refractivity contribution in [3.05, 3.63) is 29.8 Å². The Hall–Kier alpha value is -1.59. The van der Waals surface area contributed by atoms with Crippen molar-refractivity contribution in [1.29, 1.82) is 0 Å². The molecule has 0 saturated heterocycles. The third-order valence-electron chi connectivity index (χ3n) is 2.42. The fraction of sp³-hybridized carbons (Fsp3) is 0.462. The Kier molecular flexibility index (Phi) is 6.18. The minimum absolute atomic E-state index is 0.0372. The van der Waals surface area contributed by atoms with Gasteiger partial charge in [0.05, 0.1) is 20.3 Å². The number of nitrogens with one attached hydrogen (secondary N) is 1. The van der Waals surface area contributed by atoms with E-state index >= 15 is 0 Å². The number of aliphatic hydroxyl groups is 1. The van der Waals surface area contributed by atoms with Crippen molar-refractivity contribution >= 4 is 5.97 Å². The van der Waals surface area contributed by atoms with Crippen molar-refractivity contribution in [2.75, 3.05) is 26.9 Å². The molecule has 0 amide bonds. The van der Waals surface area contributed by atoms with Gasteiger partial charge >= 0.3 is 5.97 Å². The molecule has 1 unspecified atom stereocenters. The topological polar surface area (TPSA) is 67.8 Å². The molecule has 0 aliphatic carbocycles. The van der Waals surface area contributed by atoms with E-state index in [0.717, 1.165) is 11.3 Å². The first-order chi connectivity index (χ1) is 8.72. The van der Waals surface area contributed by atoms with Gasteiger partial charge in [-0.2, -0.15) is 0 Å². The lowest BCUT2D eigenvalue weighted by molar-refractivity contribution is -0.143. The van der Waals surface area contributed by atoms with Crippen LogP contribution in [0.25, 0.3) is 0 Å². The standard InChI is InChI=1S/C13H19NO4/c1-3-18-11-6-4-10(5-7-11)12(13(16)17-2)14-8-9-15/h4-7,12,14-15H,3,8-9H2,1-2H3. The highest BCUT2D eigenvalue weighted by Crippen LogP contribution is 2.18. The van der Waals surface area contributed by atoms with Crippen molar-refractivity contribution in [2.45, 2.75) is 13.0 Å². The lowest BCUT2D eigenvalue weighted by Crippen LogP contribution is -2.31. The third-order valence-corrected chi connectivity index (χ3v) is 2.42. The molecule has 0 bridgehead atoms. The molecule has 0 saturated carbocycles. The average Bonchev–Trinajstić information content (AvgIpc) is 2.41. The van der Waals surface area contributed by atoms with Gasteiger partial charge < -0.3 is 14.6 Å². The number of carbonyl (C=O) groups is 1. The number of esters is 1. The maximum Gasteiger partial charge on any atom is 0.327 e. The maximum absolute atomic E-state index is 11.6. The Balaban J connectivity index is 2.80. The molecule has 1 aromatic carbocycles. The highest BCUT2D eigenvalue weighted by Gasteiger charge is 2.20. The number of ether oxygens (including phenoxy) is 2. The van der Waals surface area contributed by atoms with E-state index in [1.807, 2.05) is 6.92 Å². The Morgan fingerprint density at radius 1 is 1.39 bits per heavy atom. The van der Waals surface area contributed by atoms with Gasteiger partial charge in [-0.25, -0.2) is 4.79 Å². The molecule has 0 aliphatic heterocycles. The molecule has 0 aromatic heterocycles. The predicted molar refractivity (Wildman–Crippen MR) is 67.5 cm³/mol. The van der Waals surface area contributed by atoms with Gasteiger partial charge in [-0.05, 0) is 24.6 Å². The van der Waals surface area contributed by atoms with Gasteiger partial charge in [0.1, 0.15) is 11.8 Å². The number of carbonyl (C=O) groups excluding carboxylic acids is 1. The monoisotopic (exact) mass is 253 g/mol. The zero-order chi connectivity index (χ0) is 13.4. The second-order valence-corrected chi connectivity index (χ2v) is 3.64. The molecule has 5 nitrogen and oxygen atoms in total. The number of benzene rings is 1. The summed E-state index contributed by atoms with van der Waals surface area (Å²) < 4.78 is 10.1. The first kappa shape index (κ1) is 14.5. The van der Waals surface area contributed by atoms with Crippen LogP contribution in [0.4, 0.5) is 0 Å². The summed E-state index contributed by atoms with van der Waals surface area (Å²) in [4.78, 5) is 11.6. The predicted octanol–water partition coefficient (Wildman–Crippen LogP) is 0.881. The van der Waals surface area contributed by atoms with Gasteiger partial charge in [0.25, 0.3) is 0 Å². The van der Waals surface area contributed by atoms with Gasteiger partial charge in [-0.15, -0.1) is 0 Å². The van der Waals surface area contributed by atoms with Gasteiger partial charge in [0.2, 0.25) is 0 Å². The summed E-state index contributed by atoms with van der Waals surface area (Å²) in [6.45, 7) is 2.80. The van der Waals surface area contributed by atoms with Crippen LogP contribution in [0.15, 0.2) is 24.3 Å². The lowest BCUT2D eigenvalue weighted by atomic mass is 10.1. The van der Waals surface area contributed by atoms with Crippen LogP contribution in [-0.2, 0) is 9.53 Å². The fourth-order valence-corrected chi connectivity index (χ4v) is 1.59. The fourth-order valence-electron chi connectivity index (χ4n) is 1.59. The van der Waals surface area contributed by atoms with Crippen molar-refractivity contribution in [2.24, 2.45) is 0 Å². The summed E-state index contributed by atoms with van der Waals surface area (Å²) in [6, 6.07) is 6.64. The van der Waals surface area contributed by atoms with Crippen LogP contribution in [0.2, 0.25) is 0 Å². The van der Waals surface area contributed by atoms with E-state index in [0.29, 0.717) is 13.2 Å². The van der Waals surface area contributed by atoms with E-state index in [9.17, 15) is 4.79 Å². The summed E-state index contributed by atoms with van der Waals surface area (Å²) in [7, 11) is 1.34. The zero-order valence-corrected chi connectivity index (χ0v) is 10.7. The summed E-state index contributed by atoms with van der Waals surface area (Å²) in [6.07, 6.45) is 0. The Labute approximate surface area is 107 Å². The minimum atomic E-state index is -0.571. The summed E-state index contributed by atoms with van der Waals surface area (Å²) >= 11 is 0. The van der Waals surface area contributed by atoms with E-state index in [1.54, 1.807) is 24.3 Å². The van der Waals surface area contributed by atoms with Crippen molar-refractivity contribution in [3.8, 4) is 5.75 Å². The molecule has 0 fully saturated rings. The first-order valence-corrected chi connectivity index (χ1v) is 5.87. The molecule has 1 aromatic rings. The number of methoxy groups -OCH3 is 1. The molecule has 5 heteroatoms. The first-order valence-electron chi connectivity index (χ1n) is 5.87. The average molecular weight is 253 g/mol. The number of rotatable bonds is 7. The van der Waals surface area contributed by atoms with Crippen LogP contribution in [0.3, 0.4) is 0 Å². The molecule has 0 radical (unpaired) electrons. The van der Waals surface area contributed by atoms with E-state index in [1.165, 1.54) is 7.11 Å². The largest absolute Gasteiger partial charge is 0.494 e. The lowest BCUT2D eigenvalue weighted by Gasteiger charge is -2.16. The molecule has 2 N–H and O–H groups in total.